The van der Waals surface area contributed by atoms with Gasteiger partial charge in [0.25, 0.3) is 0 Å². The van der Waals surface area contributed by atoms with E-state index in [9.17, 15) is 4.79 Å². The van der Waals surface area contributed by atoms with E-state index in [-0.39, 0.29) is 0 Å². The highest BCUT2D eigenvalue weighted by Crippen LogP contribution is 2.09. The summed E-state index contributed by atoms with van der Waals surface area (Å²) in [6.45, 7) is 16.7. The van der Waals surface area contributed by atoms with Crippen molar-refractivity contribution in [1.82, 2.24) is 25.8 Å². The van der Waals surface area contributed by atoms with Crippen LogP contribution in [0.5, 0.6) is 0 Å². The first-order valence-electron chi connectivity index (χ1n) is 10.4. The standard InChI is InChI=1S/C20H42N6O2/c1-19(2,3)28-18(27)24-20(4,5)16-23-17(21-6)22-10-8-12-26-13-9-11-25(7)14-15-26/h8-16H2,1-7H3,(H,24,27)(H2,21,22,23). The highest BCUT2D eigenvalue weighted by molar-refractivity contribution is 5.79. The van der Waals surface area contributed by atoms with Gasteiger partial charge in [0.05, 0.1) is 5.54 Å². The van der Waals surface area contributed by atoms with Crippen LogP contribution in [0.4, 0.5) is 4.79 Å². The monoisotopic (exact) mass is 398 g/mol. The van der Waals surface area contributed by atoms with Crippen LogP contribution >= 0.6 is 0 Å². The van der Waals surface area contributed by atoms with E-state index >= 15 is 0 Å². The van der Waals surface area contributed by atoms with Crippen LogP contribution < -0.4 is 16.0 Å². The van der Waals surface area contributed by atoms with Crippen LogP contribution in [0.3, 0.4) is 0 Å². The predicted octanol–water partition coefficient (Wildman–Crippen LogP) is 1.48. The van der Waals surface area contributed by atoms with Gasteiger partial charge >= 0.3 is 6.09 Å². The smallest absolute Gasteiger partial charge is 0.408 e. The van der Waals surface area contributed by atoms with Crippen LogP contribution in [0.15, 0.2) is 4.99 Å². The highest BCUT2D eigenvalue weighted by Gasteiger charge is 2.24. The molecule has 0 unspecified atom stereocenters. The maximum atomic E-state index is 12.0. The fourth-order valence-corrected chi connectivity index (χ4v) is 2.98. The SMILES string of the molecule is CN=C(NCCCN1CCCN(C)CC1)NCC(C)(C)NC(=O)OC(C)(C)C. The molecule has 1 aliphatic rings. The third-order valence-electron chi connectivity index (χ3n) is 4.52. The van der Waals surface area contributed by atoms with E-state index in [1.807, 2.05) is 34.6 Å². The Morgan fingerprint density at radius 1 is 1.07 bits per heavy atom. The molecule has 1 amide bonds. The number of guanidine groups is 1. The van der Waals surface area contributed by atoms with Crippen molar-refractivity contribution in [3.63, 3.8) is 0 Å². The van der Waals surface area contributed by atoms with Gasteiger partial charge in [-0.2, -0.15) is 0 Å². The van der Waals surface area contributed by atoms with Gasteiger partial charge in [-0.15, -0.1) is 0 Å². The van der Waals surface area contributed by atoms with Crippen LogP contribution in [-0.4, -0.2) is 92.9 Å². The largest absolute Gasteiger partial charge is 0.444 e. The third-order valence-corrected chi connectivity index (χ3v) is 4.52. The molecular weight excluding hydrogens is 356 g/mol. The number of alkyl carbamates (subject to hydrolysis) is 1. The third kappa shape index (κ3) is 11.3. The lowest BCUT2D eigenvalue weighted by Crippen LogP contribution is -2.54. The number of amides is 1. The fourth-order valence-electron chi connectivity index (χ4n) is 2.98. The molecule has 1 aliphatic heterocycles. The van der Waals surface area contributed by atoms with E-state index in [0.717, 1.165) is 38.6 Å². The minimum atomic E-state index is -0.506. The van der Waals surface area contributed by atoms with Crippen molar-refractivity contribution in [2.24, 2.45) is 4.99 Å². The van der Waals surface area contributed by atoms with Crippen molar-refractivity contribution >= 4 is 12.1 Å². The molecule has 1 heterocycles. The summed E-state index contributed by atoms with van der Waals surface area (Å²) >= 11 is 0. The summed E-state index contributed by atoms with van der Waals surface area (Å²) < 4.78 is 5.33. The molecule has 1 rings (SSSR count). The van der Waals surface area contributed by atoms with Crippen LogP contribution in [0.25, 0.3) is 0 Å². The van der Waals surface area contributed by atoms with Gasteiger partial charge < -0.3 is 30.5 Å². The normalized spacial score (nSPS) is 17.8. The number of carbonyl (C=O) groups excluding carboxylic acids is 1. The number of rotatable bonds is 7. The summed E-state index contributed by atoms with van der Waals surface area (Å²) in [5.74, 6) is 0.745. The summed E-state index contributed by atoms with van der Waals surface area (Å²) in [5, 5.41) is 9.53. The number of nitrogens with one attached hydrogen (secondary N) is 3. The second-order valence-electron chi connectivity index (χ2n) is 9.22. The molecule has 0 saturated carbocycles. The van der Waals surface area contributed by atoms with Crippen LogP contribution in [0.1, 0.15) is 47.5 Å². The molecule has 0 aliphatic carbocycles. The van der Waals surface area contributed by atoms with Crippen molar-refractivity contribution < 1.29 is 9.53 Å². The van der Waals surface area contributed by atoms with E-state index in [4.69, 9.17) is 4.74 Å². The Balaban J connectivity index is 2.27. The number of likely N-dealkylation sites (N-methyl/N-ethyl adjacent to an activating group) is 1. The Morgan fingerprint density at radius 2 is 1.79 bits per heavy atom. The molecule has 8 nitrogen and oxygen atoms in total. The van der Waals surface area contributed by atoms with Crippen molar-refractivity contribution in [2.75, 3.05) is 59.9 Å². The Kier molecular flexibility index (Phi) is 10.0. The Bertz CT molecular complexity index is 501. The second-order valence-corrected chi connectivity index (χ2v) is 9.22. The molecule has 0 atom stereocenters. The van der Waals surface area contributed by atoms with Crippen molar-refractivity contribution in [3.05, 3.63) is 0 Å². The van der Waals surface area contributed by atoms with Crippen LogP contribution in [0, 0.1) is 0 Å². The first-order valence-corrected chi connectivity index (χ1v) is 10.4. The van der Waals surface area contributed by atoms with E-state index in [0.29, 0.717) is 6.54 Å². The maximum Gasteiger partial charge on any atom is 0.408 e. The molecule has 0 aromatic rings. The molecule has 0 aromatic heterocycles. The van der Waals surface area contributed by atoms with Crippen LogP contribution in [0.2, 0.25) is 0 Å². The molecule has 28 heavy (non-hydrogen) atoms. The minimum Gasteiger partial charge on any atom is -0.444 e. The molecule has 164 valence electrons. The van der Waals surface area contributed by atoms with Gasteiger partial charge in [-0.05, 0) is 74.1 Å². The molecular formula is C20H42N6O2. The Labute approximate surface area is 171 Å². The molecule has 0 spiro atoms. The lowest BCUT2D eigenvalue weighted by Gasteiger charge is -2.29. The summed E-state index contributed by atoms with van der Waals surface area (Å²) in [6, 6.07) is 0. The molecule has 0 aromatic carbocycles. The van der Waals surface area contributed by atoms with E-state index < -0.39 is 17.2 Å². The Morgan fingerprint density at radius 3 is 2.43 bits per heavy atom. The van der Waals surface area contributed by atoms with Gasteiger partial charge in [0.1, 0.15) is 5.60 Å². The summed E-state index contributed by atoms with van der Waals surface area (Å²) in [5.41, 5.74) is -0.966. The number of carbonyl (C=O) groups is 1. The fraction of sp³-hybridized carbons (Fsp3) is 0.900. The average molecular weight is 399 g/mol. The number of hydrogen-bond donors (Lipinski definition) is 3. The lowest BCUT2D eigenvalue weighted by molar-refractivity contribution is 0.0474. The Hall–Kier alpha value is -1.54. The van der Waals surface area contributed by atoms with Crippen LogP contribution in [-0.2, 0) is 4.74 Å². The lowest BCUT2D eigenvalue weighted by atomic mass is 10.1. The van der Waals surface area contributed by atoms with Gasteiger partial charge in [0, 0.05) is 33.2 Å². The van der Waals surface area contributed by atoms with Gasteiger partial charge in [-0.25, -0.2) is 4.79 Å². The summed E-state index contributed by atoms with van der Waals surface area (Å²) in [4.78, 5) is 21.2. The zero-order chi connectivity index (χ0) is 21.2. The maximum absolute atomic E-state index is 12.0. The zero-order valence-electron chi connectivity index (χ0n) is 19.0. The summed E-state index contributed by atoms with van der Waals surface area (Å²) in [6.07, 6.45) is 1.90. The van der Waals surface area contributed by atoms with E-state index in [1.54, 1.807) is 7.05 Å². The number of nitrogens with zero attached hydrogens (tertiary/aromatic N) is 3. The summed E-state index contributed by atoms with van der Waals surface area (Å²) in [7, 11) is 3.95. The predicted molar refractivity (Wildman–Crippen MR) is 116 cm³/mol. The molecule has 1 saturated heterocycles. The van der Waals surface area contributed by atoms with Crippen molar-refractivity contribution in [2.45, 2.75) is 58.6 Å². The first-order chi connectivity index (χ1) is 13.0. The average Bonchev–Trinajstić information content (AvgIpc) is 2.76. The molecule has 1 fully saturated rings. The molecule has 0 radical (unpaired) electrons. The molecule has 3 N–H and O–H groups in total. The van der Waals surface area contributed by atoms with Gasteiger partial charge in [0.2, 0.25) is 0 Å². The van der Waals surface area contributed by atoms with E-state index in [2.05, 4.69) is 37.8 Å². The highest BCUT2D eigenvalue weighted by atomic mass is 16.6. The number of ether oxygens (including phenoxy) is 1. The molecule has 0 bridgehead atoms. The van der Waals surface area contributed by atoms with Gasteiger partial charge in [-0.3, -0.25) is 4.99 Å². The topological polar surface area (TPSA) is 81.2 Å². The first kappa shape index (κ1) is 24.5. The number of aliphatic imine (C=N–C) groups is 1. The minimum absolute atomic E-state index is 0.412. The van der Waals surface area contributed by atoms with Crippen molar-refractivity contribution in [1.29, 1.82) is 0 Å². The van der Waals surface area contributed by atoms with Gasteiger partial charge in [-0.1, -0.05) is 0 Å². The number of hydrogen-bond acceptors (Lipinski definition) is 5. The van der Waals surface area contributed by atoms with Crippen molar-refractivity contribution in [3.8, 4) is 0 Å². The second kappa shape index (κ2) is 11.5. The van der Waals surface area contributed by atoms with Gasteiger partial charge in [0.15, 0.2) is 5.96 Å². The van der Waals surface area contributed by atoms with E-state index in [1.165, 1.54) is 19.5 Å². The quantitative estimate of drug-likeness (QED) is 0.342. The molecule has 8 heteroatoms. The zero-order valence-corrected chi connectivity index (χ0v) is 19.0.